The second-order valence-corrected chi connectivity index (χ2v) is 4.99. The minimum Gasteiger partial charge on any atom is -0.465 e. The number of carbonyl (C=O) groups is 1. The van der Waals surface area contributed by atoms with Crippen LogP contribution >= 0.6 is 11.6 Å². The molecule has 0 N–H and O–H groups in total. The van der Waals surface area contributed by atoms with Crippen molar-refractivity contribution < 1.29 is 14.3 Å². The van der Waals surface area contributed by atoms with E-state index < -0.39 is 0 Å². The molecule has 0 saturated carbocycles. The Kier molecular flexibility index (Phi) is 5.81. The minimum absolute atomic E-state index is 0.105. The van der Waals surface area contributed by atoms with Gasteiger partial charge in [-0.3, -0.25) is 9.69 Å². The van der Waals surface area contributed by atoms with E-state index in [4.69, 9.17) is 21.1 Å². The number of para-hydroxylation sites is 1. The molecule has 5 heteroatoms. The fourth-order valence-corrected chi connectivity index (χ4v) is 2.22. The molecule has 2 rings (SSSR count). The molecule has 0 saturated heterocycles. The first kappa shape index (κ1) is 16.3. The van der Waals surface area contributed by atoms with Crippen LogP contribution in [-0.2, 0) is 9.53 Å². The van der Waals surface area contributed by atoms with Gasteiger partial charge in [0.15, 0.2) is 6.79 Å². The maximum atomic E-state index is 12.4. The zero-order valence-corrected chi connectivity index (χ0v) is 13.3. The molecular formula is C17H18ClNO3. The maximum absolute atomic E-state index is 12.4. The Morgan fingerprint density at radius 1 is 1.18 bits per heavy atom. The molecule has 2 aromatic rings. The topological polar surface area (TPSA) is 38.8 Å². The number of methoxy groups -OCH3 is 1. The van der Waals surface area contributed by atoms with Gasteiger partial charge in [-0.25, -0.2) is 0 Å². The fraction of sp³-hybridized carbons (Fsp3) is 0.235. The first-order chi connectivity index (χ1) is 10.7. The van der Waals surface area contributed by atoms with E-state index >= 15 is 0 Å². The van der Waals surface area contributed by atoms with Crippen molar-refractivity contribution in [1.29, 1.82) is 0 Å². The largest absolute Gasteiger partial charge is 0.465 e. The van der Waals surface area contributed by atoms with Crippen LogP contribution in [0.15, 0.2) is 48.5 Å². The Hall–Kier alpha value is -2.04. The Bertz CT molecular complexity index is 631. The Morgan fingerprint density at radius 3 is 2.55 bits per heavy atom. The maximum Gasteiger partial charge on any atom is 0.246 e. The van der Waals surface area contributed by atoms with Crippen molar-refractivity contribution in [1.82, 2.24) is 0 Å². The van der Waals surface area contributed by atoms with E-state index in [2.05, 4.69) is 0 Å². The molecule has 0 spiro atoms. The summed E-state index contributed by atoms with van der Waals surface area (Å²) in [6, 6.07) is 15.0. The van der Waals surface area contributed by atoms with Crippen molar-refractivity contribution in [3.05, 3.63) is 54.1 Å². The van der Waals surface area contributed by atoms with Gasteiger partial charge in [0.2, 0.25) is 5.91 Å². The molecular weight excluding hydrogens is 302 g/mol. The van der Waals surface area contributed by atoms with Gasteiger partial charge in [-0.15, -0.1) is 11.6 Å². The fourth-order valence-electron chi connectivity index (χ4n) is 2.10. The molecule has 4 nitrogen and oxygen atoms in total. The van der Waals surface area contributed by atoms with E-state index in [1.807, 2.05) is 55.5 Å². The van der Waals surface area contributed by atoms with Gasteiger partial charge in [0, 0.05) is 12.8 Å². The van der Waals surface area contributed by atoms with Crippen molar-refractivity contribution in [3.8, 4) is 5.75 Å². The summed E-state index contributed by atoms with van der Waals surface area (Å²) in [7, 11) is 1.55. The standard InChI is InChI=1S/C17H18ClNO3/c1-13-8-9-16(22-12-21-2)15(10-13)19(17(20)11-18)14-6-4-3-5-7-14/h3-10H,11-12H2,1-2H3. The monoisotopic (exact) mass is 319 g/mol. The second-order valence-electron chi connectivity index (χ2n) is 4.72. The van der Waals surface area contributed by atoms with Gasteiger partial charge in [-0.1, -0.05) is 24.3 Å². The Balaban J connectivity index is 2.51. The van der Waals surface area contributed by atoms with Crippen LogP contribution in [0.4, 0.5) is 11.4 Å². The van der Waals surface area contributed by atoms with Crippen molar-refractivity contribution in [2.24, 2.45) is 0 Å². The smallest absolute Gasteiger partial charge is 0.246 e. The quantitative estimate of drug-likeness (QED) is 0.599. The molecule has 1 amide bonds. The Morgan fingerprint density at radius 2 is 1.91 bits per heavy atom. The van der Waals surface area contributed by atoms with E-state index in [0.717, 1.165) is 11.3 Å². The summed E-state index contributed by atoms with van der Waals surface area (Å²) in [5.74, 6) is 0.225. The molecule has 0 atom stereocenters. The molecule has 0 bridgehead atoms. The van der Waals surface area contributed by atoms with Crippen LogP contribution in [0.25, 0.3) is 0 Å². The zero-order chi connectivity index (χ0) is 15.9. The van der Waals surface area contributed by atoms with Gasteiger partial charge in [0.05, 0.1) is 5.69 Å². The summed E-state index contributed by atoms with van der Waals surface area (Å²) < 4.78 is 10.5. The molecule has 0 radical (unpaired) electrons. The van der Waals surface area contributed by atoms with Gasteiger partial charge >= 0.3 is 0 Å². The number of anilines is 2. The van der Waals surface area contributed by atoms with Crippen molar-refractivity contribution in [3.63, 3.8) is 0 Å². The molecule has 0 aromatic heterocycles. The Labute approximate surface area is 135 Å². The number of carbonyl (C=O) groups excluding carboxylic acids is 1. The van der Waals surface area contributed by atoms with E-state index in [9.17, 15) is 4.79 Å². The van der Waals surface area contributed by atoms with Crippen LogP contribution in [0.2, 0.25) is 0 Å². The van der Waals surface area contributed by atoms with Gasteiger partial charge in [-0.2, -0.15) is 0 Å². The van der Waals surface area contributed by atoms with Gasteiger partial charge in [-0.05, 0) is 36.8 Å². The lowest BCUT2D eigenvalue weighted by molar-refractivity contribution is -0.115. The summed E-state index contributed by atoms with van der Waals surface area (Å²) >= 11 is 5.79. The highest BCUT2D eigenvalue weighted by atomic mass is 35.5. The summed E-state index contributed by atoms with van der Waals surface area (Å²) in [6.45, 7) is 2.06. The van der Waals surface area contributed by atoms with Gasteiger partial charge in [0.1, 0.15) is 11.6 Å². The van der Waals surface area contributed by atoms with Gasteiger partial charge in [0.25, 0.3) is 0 Å². The number of ether oxygens (including phenoxy) is 2. The summed E-state index contributed by atoms with van der Waals surface area (Å²) in [5, 5.41) is 0. The molecule has 2 aromatic carbocycles. The minimum atomic E-state index is -0.222. The number of nitrogens with zero attached hydrogens (tertiary/aromatic N) is 1. The van der Waals surface area contributed by atoms with E-state index in [-0.39, 0.29) is 18.6 Å². The van der Waals surface area contributed by atoms with Crippen LogP contribution in [-0.4, -0.2) is 25.7 Å². The number of aryl methyl sites for hydroxylation is 1. The van der Waals surface area contributed by atoms with Crippen LogP contribution in [0.3, 0.4) is 0 Å². The molecule has 0 aliphatic carbocycles. The third kappa shape index (κ3) is 3.78. The van der Waals surface area contributed by atoms with Crippen LogP contribution in [0, 0.1) is 6.92 Å². The average molecular weight is 320 g/mol. The third-order valence-electron chi connectivity index (χ3n) is 3.07. The van der Waals surface area contributed by atoms with Crippen LogP contribution in [0.5, 0.6) is 5.75 Å². The zero-order valence-electron chi connectivity index (χ0n) is 12.6. The van der Waals surface area contributed by atoms with E-state index in [1.165, 1.54) is 0 Å². The van der Waals surface area contributed by atoms with Crippen molar-refractivity contribution in [2.45, 2.75) is 6.92 Å². The SMILES string of the molecule is COCOc1ccc(C)cc1N(C(=O)CCl)c1ccccc1. The summed E-state index contributed by atoms with van der Waals surface area (Å²) in [5.41, 5.74) is 2.40. The van der Waals surface area contributed by atoms with Crippen LogP contribution in [0.1, 0.15) is 5.56 Å². The van der Waals surface area contributed by atoms with Crippen molar-refractivity contribution in [2.75, 3.05) is 24.7 Å². The number of hydrogen-bond donors (Lipinski definition) is 0. The predicted molar refractivity (Wildman–Crippen MR) is 88.0 cm³/mol. The lowest BCUT2D eigenvalue weighted by Gasteiger charge is -2.25. The number of alkyl halides is 1. The highest BCUT2D eigenvalue weighted by Crippen LogP contribution is 2.35. The summed E-state index contributed by atoms with van der Waals surface area (Å²) in [6.07, 6.45) is 0. The van der Waals surface area contributed by atoms with E-state index in [1.54, 1.807) is 12.0 Å². The van der Waals surface area contributed by atoms with Crippen molar-refractivity contribution >= 4 is 28.9 Å². The number of rotatable bonds is 6. The predicted octanol–water partition coefficient (Wildman–Crippen LogP) is 3.88. The lowest BCUT2D eigenvalue weighted by atomic mass is 10.1. The number of amides is 1. The molecule has 0 aliphatic heterocycles. The molecule has 0 fully saturated rings. The first-order valence-corrected chi connectivity index (χ1v) is 7.37. The molecule has 116 valence electrons. The lowest BCUT2D eigenvalue weighted by Crippen LogP contribution is -2.27. The molecule has 0 unspecified atom stereocenters. The van der Waals surface area contributed by atoms with Crippen LogP contribution < -0.4 is 9.64 Å². The molecule has 22 heavy (non-hydrogen) atoms. The highest BCUT2D eigenvalue weighted by Gasteiger charge is 2.21. The van der Waals surface area contributed by atoms with E-state index in [0.29, 0.717) is 11.4 Å². The first-order valence-electron chi connectivity index (χ1n) is 6.83. The average Bonchev–Trinajstić information content (AvgIpc) is 2.55. The molecule has 0 aliphatic rings. The third-order valence-corrected chi connectivity index (χ3v) is 3.29. The highest BCUT2D eigenvalue weighted by molar-refractivity contribution is 6.30. The number of benzene rings is 2. The number of hydrogen-bond acceptors (Lipinski definition) is 3. The molecule has 0 heterocycles. The second kappa shape index (κ2) is 7.82. The summed E-state index contributed by atoms with van der Waals surface area (Å²) in [4.78, 5) is 13.9. The number of halogens is 1. The van der Waals surface area contributed by atoms with Gasteiger partial charge < -0.3 is 9.47 Å². The normalized spacial score (nSPS) is 10.3.